The van der Waals surface area contributed by atoms with Crippen molar-refractivity contribution >= 4 is 16.1 Å². The first kappa shape index (κ1) is 14.0. The molecule has 0 aromatic carbocycles. The molecule has 19 heavy (non-hydrogen) atoms. The van der Waals surface area contributed by atoms with E-state index in [4.69, 9.17) is 9.56 Å². The van der Waals surface area contributed by atoms with Crippen LogP contribution in [0.2, 0.25) is 0 Å². The van der Waals surface area contributed by atoms with E-state index in [0.29, 0.717) is 32.5 Å². The zero-order valence-electron chi connectivity index (χ0n) is 10.4. The zero-order chi connectivity index (χ0) is 13.9. The van der Waals surface area contributed by atoms with Crippen LogP contribution in [0.3, 0.4) is 0 Å². The van der Waals surface area contributed by atoms with Crippen molar-refractivity contribution in [3.05, 3.63) is 24.2 Å². The molecular formula is C11H17N3O4S. The molecule has 0 unspecified atom stereocenters. The van der Waals surface area contributed by atoms with E-state index in [1.165, 1.54) is 10.6 Å². The summed E-state index contributed by atoms with van der Waals surface area (Å²) < 4.78 is 28.5. The Morgan fingerprint density at radius 2 is 2.16 bits per heavy atom. The maximum absolute atomic E-state index is 11.6. The summed E-state index contributed by atoms with van der Waals surface area (Å²) in [4.78, 5) is 11.6. The third kappa shape index (κ3) is 3.79. The Morgan fingerprint density at radius 1 is 1.47 bits per heavy atom. The largest absolute Gasteiger partial charge is 0.459 e. The highest BCUT2D eigenvalue weighted by molar-refractivity contribution is 7.86. The first-order chi connectivity index (χ1) is 8.97. The molecule has 1 aliphatic heterocycles. The molecule has 1 aliphatic rings. The Labute approximate surface area is 111 Å². The Kier molecular flexibility index (Phi) is 4.23. The van der Waals surface area contributed by atoms with Gasteiger partial charge >= 0.3 is 0 Å². The Bertz CT molecular complexity index is 518. The highest BCUT2D eigenvalue weighted by atomic mass is 32.2. The van der Waals surface area contributed by atoms with E-state index in [1.54, 1.807) is 12.1 Å². The lowest BCUT2D eigenvalue weighted by molar-refractivity contribution is 0.0913. The lowest BCUT2D eigenvalue weighted by Crippen LogP contribution is -2.44. The van der Waals surface area contributed by atoms with E-state index in [1.807, 2.05) is 0 Å². The first-order valence-corrected chi connectivity index (χ1v) is 7.56. The van der Waals surface area contributed by atoms with Gasteiger partial charge in [0.05, 0.1) is 6.26 Å². The summed E-state index contributed by atoms with van der Waals surface area (Å²) in [6.07, 6.45) is 2.82. The van der Waals surface area contributed by atoms with Gasteiger partial charge < -0.3 is 9.73 Å². The van der Waals surface area contributed by atoms with E-state index < -0.39 is 10.2 Å². The van der Waals surface area contributed by atoms with Gasteiger partial charge in [0.15, 0.2) is 5.76 Å². The number of nitrogens with two attached hydrogens (primary N) is 1. The number of nitrogens with one attached hydrogen (secondary N) is 1. The van der Waals surface area contributed by atoms with Crippen LogP contribution in [-0.2, 0) is 10.2 Å². The molecule has 0 radical (unpaired) electrons. The van der Waals surface area contributed by atoms with Crippen molar-refractivity contribution in [2.75, 3.05) is 19.6 Å². The van der Waals surface area contributed by atoms with Gasteiger partial charge in [-0.1, -0.05) is 0 Å². The number of amides is 1. The molecule has 1 aromatic rings. The zero-order valence-corrected chi connectivity index (χ0v) is 11.2. The lowest BCUT2D eigenvalue weighted by atomic mass is 9.98. The quantitative estimate of drug-likeness (QED) is 0.808. The molecule has 2 heterocycles. The molecule has 0 saturated carbocycles. The average Bonchev–Trinajstić information content (AvgIpc) is 2.89. The number of piperidine rings is 1. The van der Waals surface area contributed by atoms with Crippen molar-refractivity contribution in [2.45, 2.75) is 12.8 Å². The summed E-state index contributed by atoms with van der Waals surface area (Å²) in [5.74, 6) is 0.290. The van der Waals surface area contributed by atoms with Gasteiger partial charge in [-0.2, -0.15) is 12.7 Å². The van der Waals surface area contributed by atoms with Gasteiger partial charge in [0.25, 0.3) is 16.1 Å². The maximum Gasteiger partial charge on any atom is 0.286 e. The molecule has 0 atom stereocenters. The van der Waals surface area contributed by atoms with Crippen molar-refractivity contribution in [2.24, 2.45) is 11.1 Å². The number of hydrogen-bond donors (Lipinski definition) is 2. The van der Waals surface area contributed by atoms with Crippen molar-refractivity contribution in [3.8, 4) is 0 Å². The van der Waals surface area contributed by atoms with E-state index >= 15 is 0 Å². The fourth-order valence-electron chi connectivity index (χ4n) is 2.10. The van der Waals surface area contributed by atoms with Gasteiger partial charge in [-0.15, -0.1) is 0 Å². The Morgan fingerprint density at radius 3 is 2.68 bits per heavy atom. The second kappa shape index (κ2) is 5.72. The molecule has 8 heteroatoms. The normalized spacial score (nSPS) is 18.4. The minimum absolute atomic E-state index is 0.251. The molecule has 7 nitrogen and oxygen atoms in total. The summed E-state index contributed by atoms with van der Waals surface area (Å²) >= 11 is 0. The van der Waals surface area contributed by atoms with Crippen LogP contribution < -0.4 is 10.5 Å². The first-order valence-electron chi connectivity index (χ1n) is 6.06. The number of carbonyl (C=O) groups excluding carboxylic acids is 1. The maximum atomic E-state index is 11.6. The molecule has 0 spiro atoms. The summed E-state index contributed by atoms with van der Waals surface area (Å²) in [5.41, 5.74) is 0. The van der Waals surface area contributed by atoms with Crippen molar-refractivity contribution in [1.82, 2.24) is 9.62 Å². The van der Waals surface area contributed by atoms with E-state index in [9.17, 15) is 13.2 Å². The van der Waals surface area contributed by atoms with Crippen LogP contribution in [0.5, 0.6) is 0 Å². The highest BCUT2D eigenvalue weighted by Gasteiger charge is 2.25. The molecule has 2 rings (SSSR count). The van der Waals surface area contributed by atoms with Crippen LogP contribution >= 0.6 is 0 Å². The Hall–Kier alpha value is -1.38. The van der Waals surface area contributed by atoms with Gasteiger partial charge in [-0.25, -0.2) is 5.14 Å². The van der Waals surface area contributed by atoms with E-state index in [2.05, 4.69) is 5.32 Å². The van der Waals surface area contributed by atoms with Gasteiger partial charge in [0.1, 0.15) is 0 Å². The molecule has 3 N–H and O–H groups in total. The number of furan rings is 1. The number of hydrogen-bond acceptors (Lipinski definition) is 4. The second-order valence-corrected chi connectivity index (χ2v) is 6.12. The fourth-order valence-corrected chi connectivity index (χ4v) is 2.82. The summed E-state index contributed by atoms with van der Waals surface area (Å²) in [5, 5.41) is 7.83. The minimum atomic E-state index is -3.59. The van der Waals surface area contributed by atoms with Crippen molar-refractivity contribution < 1.29 is 17.6 Å². The van der Waals surface area contributed by atoms with Gasteiger partial charge in [-0.3, -0.25) is 4.79 Å². The predicted octanol–water partition coefficient (Wildman–Crippen LogP) is -0.0751. The van der Waals surface area contributed by atoms with Crippen molar-refractivity contribution in [3.63, 3.8) is 0 Å². The van der Waals surface area contributed by atoms with Crippen LogP contribution in [0.1, 0.15) is 23.4 Å². The van der Waals surface area contributed by atoms with Crippen LogP contribution in [0.25, 0.3) is 0 Å². The second-order valence-electron chi connectivity index (χ2n) is 4.57. The smallest absolute Gasteiger partial charge is 0.286 e. The van der Waals surface area contributed by atoms with E-state index in [0.717, 1.165) is 0 Å². The number of carbonyl (C=O) groups is 1. The van der Waals surface area contributed by atoms with Gasteiger partial charge in [-0.05, 0) is 30.9 Å². The molecule has 1 fully saturated rings. The third-order valence-corrected chi connectivity index (χ3v) is 4.31. The molecular weight excluding hydrogens is 270 g/mol. The third-order valence-electron chi connectivity index (χ3n) is 3.23. The average molecular weight is 287 g/mol. The van der Waals surface area contributed by atoms with Crippen LogP contribution in [0.4, 0.5) is 0 Å². The van der Waals surface area contributed by atoms with Crippen LogP contribution in [-0.4, -0.2) is 38.3 Å². The molecule has 106 valence electrons. The van der Waals surface area contributed by atoms with Crippen LogP contribution in [0.15, 0.2) is 22.8 Å². The van der Waals surface area contributed by atoms with Crippen molar-refractivity contribution in [1.29, 1.82) is 0 Å². The standard InChI is InChI=1S/C11H17N3O4S/c12-19(16,17)14-5-3-9(4-6-14)8-13-11(15)10-2-1-7-18-10/h1-2,7,9H,3-6,8H2,(H,13,15)(H2,12,16,17). The molecule has 0 aliphatic carbocycles. The topological polar surface area (TPSA) is 106 Å². The summed E-state index contributed by atoms with van der Waals surface area (Å²) in [6.45, 7) is 1.32. The molecule has 1 aromatic heterocycles. The fraction of sp³-hybridized carbons (Fsp3) is 0.545. The summed E-state index contributed by atoms with van der Waals surface area (Å²) in [6, 6.07) is 3.25. The van der Waals surface area contributed by atoms with E-state index in [-0.39, 0.29) is 17.6 Å². The number of rotatable bonds is 4. The van der Waals surface area contributed by atoms with Gasteiger partial charge in [0.2, 0.25) is 0 Å². The van der Waals surface area contributed by atoms with Gasteiger partial charge in [0, 0.05) is 19.6 Å². The minimum Gasteiger partial charge on any atom is -0.459 e. The number of nitrogens with zero attached hydrogens (tertiary/aromatic N) is 1. The van der Waals surface area contributed by atoms with Crippen LogP contribution in [0, 0.1) is 5.92 Å². The monoisotopic (exact) mass is 287 g/mol. The molecule has 1 saturated heterocycles. The Balaban J connectivity index is 1.76. The SMILES string of the molecule is NS(=O)(=O)N1CCC(CNC(=O)c2ccco2)CC1. The summed E-state index contributed by atoms with van der Waals surface area (Å²) in [7, 11) is -3.59. The highest BCUT2D eigenvalue weighted by Crippen LogP contribution is 2.17. The molecule has 0 bridgehead atoms. The lowest BCUT2D eigenvalue weighted by Gasteiger charge is -2.29. The molecule has 1 amide bonds. The predicted molar refractivity (Wildman–Crippen MR) is 68.4 cm³/mol.